The Hall–Kier alpha value is -2.01. The van der Waals surface area contributed by atoms with Crippen molar-refractivity contribution in [2.24, 2.45) is 0 Å². The highest BCUT2D eigenvalue weighted by Crippen LogP contribution is 2.27. The van der Waals surface area contributed by atoms with Gasteiger partial charge in [-0.05, 0) is 84.6 Å². The van der Waals surface area contributed by atoms with E-state index in [-0.39, 0.29) is 5.91 Å². The van der Waals surface area contributed by atoms with Crippen LogP contribution in [0.25, 0.3) is 0 Å². The van der Waals surface area contributed by atoms with Gasteiger partial charge in [-0.1, -0.05) is 0 Å². The number of nitrogens with one attached hydrogen (secondary N) is 1. The van der Waals surface area contributed by atoms with Gasteiger partial charge in [-0.2, -0.15) is 0 Å². The van der Waals surface area contributed by atoms with E-state index >= 15 is 0 Å². The largest absolute Gasteiger partial charge is 0.496 e. The first-order valence-corrected chi connectivity index (χ1v) is 9.39. The van der Waals surface area contributed by atoms with E-state index in [1.54, 1.807) is 25.3 Å². The Morgan fingerprint density at radius 3 is 2.60 bits per heavy atom. The zero-order chi connectivity index (χ0) is 17.8. The molecule has 1 aliphatic rings. The lowest BCUT2D eigenvalue weighted by Gasteiger charge is -2.35. The third kappa shape index (κ3) is 4.15. The molecule has 2 aromatic carbocycles. The number of hydrogen-bond donors (Lipinski definition) is 1. The van der Waals surface area contributed by atoms with Gasteiger partial charge < -0.3 is 15.0 Å². The highest BCUT2D eigenvalue weighted by Gasteiger charge is 2.18. The maximum absolute atomic E-state index is 12.4. The van der Waals surface area contributed by atoms with Crippen LogP contribution in [0.4, 0.5) is 11.4 Å². The van der Waals surface area contributed by atoms with E-state index < -0.39 is 0 Å². The Morgan fingerprint density at radius 2 is 1.96 bits per heavy atom. The summed E-state index contributed by atoms with van der Waals surface area (Å²) in [6, 6.07) is 14.0. The highest BCUT2D eigenvalue weighted by atomic mass is 79.9. The lowest BCUT2D eigenvalue weighted by Crippen LogP contribution is -2.37. The van der Waals surface area contributed by atoms with E-state index in [2.05, 4.69) is 45.2 Å². The second kappa shape index (κ2) is 7.91. The molecule has 0 radical (unpaired) electrons. The van der Waals surface area contributed by atoms with Crippen molar-refractivity contribution in [3.05, 3.63) is 52.5 Å². The first-order chi connectivity index (χ1) is 12.1. The summed E-state index contributed by atoms with van der Waals surface area (Å²) in [6.07, 6.45) is 3.79. The van der Waals surface area contributed by atoms with Gasteiger partial charge in [0, 0.05) is 29.5 Å². The first-order valence-electron chi connectivity index (χ1n) is 8.60. The number of nitrogens with zero attached hydrogens (tertiary/aromatic N) is 1. The van der Waals surface area contributed by atoms with Crippen LogP contribution in [-0.4, -0.2) is 25.6 Å². The number of amides is 1. The average Bonchev–Trinajstić information content (AvgIpc) is 2.63. The molecule has 1 saturated heterocycles. The summed E-state index contributed by atoms with van der Waals surface area (Å²) in [5.41, 5.74) is 2.60. The Balaban J connectivity index is 1.68. The molecule has 0 aromatic heterocycles. The van der Waals surface area contributed by atoms with Gasteiger partial charge in [-0.3, -0.25) is 4.79 Å². The number of piperidine rings is 1. The maximum atomic E-state index is 12.4. The SMILES string of the molecule is COc1ccc(C(=O)Nc2ccc(N3CCCC[C@@H]3C)cc2)cc1Br. The van der Waals surface area contributed by atoms with Crippen LogP contribution in [0.1, 0.15) is 36.5 Å². The van der Waals surface area contributed by atoms with Gasteiger partial charge in [-0.15, -0.1) is 0 Å². The number of halogens is 1. The van der Waals surface area contributed by atoms with Crippen molar-refractivity contribution in [2.45, 2.75) is 32.2 Å². The molecule has 5 heteroatoms. The van der Waals surface area contributed by atoms with Gasteiger partial charge in [-0.25, -0.2) is 0 Å². The second-order valence-corrected chi connectivity index (χ2v) is 7.24. The number of carbonyl (C=O) groups is 1. The van der Waals surface area contributed by atoms with Gasteiger partial charge in [0.15, 0.2) is 0 Å². The van der Waals surface area contributed by atoms with Crippen LogP contribution < -0.4 is 15.0 Å². The lowest BCUT2D eigenvalue weighted by atomic mass is 10.0. The molecule has 1 aliphatic heterocycles. The minimum absolute atomic E-state index is 0.137. The van der Waals surface area contributed by atoms with Crippen LogP contribution in [0.5, 0.6) is 5.75 Å². The summed E-state index contributed by atoms with van der Waals surface area (Å²) in [7, 11) is 1.60. The van der Waals surface area contributed by atoms with Gasteiger partial charge in [0.25, 0.3) is 5.91 Å². The molecule has 1 fully saturated rings. The molecule has 1 N–H and O–H groups in total. The fourth-order valence-electron chi connectivity index (χ4n) is 3.23. The molecule has 1 amide bonds. The summed E-state index contributed by atoms with van der Waals surface area (Å²) < 4.78 is 5.96. The Kier molecular flexibility index (Phi) is 5.63. The summed E-state index contributed by atoms with van der Waals surface area (Å²) in [4.78, 5) is 14.9. The molecule has 1 atom stereocenters. The van der Waals surface area contributed by atoms with Crippen molar-refractivity contribution in [1.29, 1.82) is 0 Å². The summed E-state index contributed by atoms with van der Waals surface area (Å²) >= 11 is 3.41. The van der Waals surface area contributed by atoms with E-state index in [9.17, 15) is 4.79 Å². The fraction of sp³-hybridized carbons (Fsp3) is 0.350. The maximum Gasteiger partial charge on any atom is 0.255 e. The number of methoxy groups -OCH3 is 1. The molecule has 132 valence electrons. The van der Waals surface area contributed by atoms with E-state index in [1.807, 2.05) is 12.1 Å². The molecular weight excluding hydrogens is 380 g/mol. The molecule has 0 bridgehead atoms. The fourth-order valence-corrected chi connectivity index (χ4v) is 3.77. The number of rotatable bonds is 4. The molecule has 2 aromatic rings. The average molecular weight is 403 g/mol. The topological polar surface area (TPSA) is 41.6 Å². The Morgan fingerprint density at radius 1 is 1.20 bits per heavy atom. The summed E-state index contributed by atoms with van der Waals surface area (Å²) in [6.45, 7) is 3.38. The van der Waals surface area contributed by atoms with E-state index in [0.717, 1.165) is 16.7 Å². The highest BCUT2D eigenvalue weighted by molar-refractivity contribution is 9.10. The third-order valence-corrected chi connectivity index (χ3v) is 5.29. The molecule has 0 unspecified atom stereocenters. The van der Waals surface area contributed by atoms with Crippen LogP contribution in [0.15, 0.2) is 46.9 Å². The molecule has 3 rings (SSSR count). The van der Waals surface area contributed by atoms with Gasteiger partial charge >= 0.3 is 0 Å². The smallest absolute Gasteiger partial charge is 0.255 e. The van der Waals surface area contributed by atoms with Crippen molar-refractivity contribution in [2.75, 3.05) is 23.9 Å². The molecular formula is C20H23BrN2O2. The van der Waals surface area contributed by atoms with Crippen LogP contribution >= 0.6 is 15.9 Å². The predicted molar refractivity (Wildman–Crippen MR) is 106 cm³/mol. The quantitative estimate of drug-likeness (QED) is 0.774. The van der Waals surface area contributed by atoms with Gasteiger partial charge in [0.05, 0.1) is 11.6 Å². The first kappa shape index (κ1) is 17.8. The normalized spacial score (nSPS) is 17.2. The molecule has 1 heterocycles. The molecule has 0 saturated carbocycles. The van der Waals surface area contributed by atoms with Gasteiger partial charge in [0.2, 0.25) is 0 Å². The Bertz CT molecular complexity index is 746. The number of hydrogen-bond acceptors (Lipinski definition) is 3. The number of ether oxygens (including phenoxy) is 1. The molecule has 0 spiro atoms. The monoisotopic (exact) mass is 402 g/mol. The third-order valence-electron chi connectivity index (χ3n) is 4.67. The number of benzene rings is 2. The van der Waals surface area contributed by atoms with Crippen LogP contribution in [0, 0.1) is 0 Å². The lowest BCUT2D eigenvalue weighted by molar-refractivity contribution is 0.102. The number of carbonyl (C=O) groups excluding carboxylic acids is 1. The van der Waals surface area contributed by atoms with Crippen molar-refractivity contribution < 1.29 is 9.53 Å². The van der Waals surface area contributed by atoms with E-state index in [4.69, 9.17) is 4.74 Å². The van der Waals surface area contributed by atoms with Crippen molar-refractivity contribution in [3.63, 3.8) is 0 Å². The molecule has 0 aliphatic carbocycles. The zero-order valence-corrected chi connectivity index (χ0v) is 16.2. The predicted octanol–water partition coefficient (Wildman–Crippen LogP) is 5.09. The van der Waals surface area contributed by atoms with Crippen molar-refractivity contribution in [3.8, 4) is 5.75 Å². The standard InChI is InChI=1S/C20H23BrN2O2/c1-14-5-3-4-12-23(14)17-9-7-16(8-10-17)22-20(24)15-6-11-19(25-2)18(21)13-15/h6-11,13-14H,3-5,12H2,1-2H3,(H,22,24)/t14-/m0/s1. The van der Waals surface area contributed by atoms with Crippen LogP contribution in [0.3, 0.4) is 0 Å². The summed E-state index contributed by atoms with van der Waals surface area (Å²) in [5.74, 6) is 0.569. The number of anilines is 2. The molecule has 25 heavy (non-hydrogen) atoms. The molecule has 4 nitrogen and oxygen atoms in total. The van der Waals surface area contributed by atoms with Crippen LogP contribution in [-0.2, 0) is 0 Å². The van der Waals surface area contributed by atoms with Crippen LogP contribution in [0.2, 0.25) is 0 Å². The zero-order valence-electron chi connectivity index (χ0n) is 14.6. The van der Waals surface area contributed by atoms with E-state index in [0.29, 0.717) is 17.4 Å². The van der Waals surface area contributed by atoms with Gasteiger partial charge in [0.1, 0.15) is 5.75 Å². The van der Waals surface area contributed by atoms with Crippen molar-refractivity contribution in [1.82, 2.24) is 0 Å². The minimum atomic E-state index is -0.137. The van der Waals surface area contributed by atoms with E-state index in [1.165, 1.54) is 24.9 Å². The summed E-state index contributed by atoms with van der Waals surface area (Å²) in [5, 5.41) is 2.95. The second-order valence-electron chi connectivity index (χ2n) is 6.39. The Labute approximate surface area is 157 Å². The van der Waals surface area contributed by atoms with Crippen molar-refractivity contribution >= 4 is 33.2 Å². The minimum Gasteiger partial charge on any atom is -0.496 e.